The molecular formula is C21H35N3O2. The minimum atomic E-state index is 0.0648. The Labute approximate surface area is 158 Å². The third-order valence-electron chi connectivity index (χ3n) is 5.07. The van der Waals surface area contributed by atoms with Crippen molar-refractivity contribution in [2.75, 3.05) is 40.3 Å². The first kappa shape index (κ1) is 20.7. The summed E-state index contributed by atoms with van der Waals surface area (Å²) >= 11 is 0. The summed E-state index contributed by atoms with van der Waals surface area (Å²) in [5.74, 6) is 1.51. The van der Waals surface area contributed by atoms with Crippen molar-refractivity contribution in [1.82, 2.24) is 14.8 Å². The SMILES string of the molecule is CC(=O)N1CCC(Cc2cc(C(C)(C)C)cc(OCCN(C)C)n2)CC1. The fourth-order valence-corrected chi connectivity index (χ4v) is 3.25. The van der Waals surface area contributed by atoms with E-state index in [-0.39, 0.29) is 11.3 Å². The summed E-state index contributed by atoms with van der Waals surface area (Å²) in [6, 6.07) is 4.31. The molecule has 0 unspecified atom stereocenters. The number of pyridine rings is 1. The number of likely N-dealkylation sites (N-methyl/N-ethyl adjacent to an activating group) is 1. The second-order valence-electron chi connectivity index (χ2n) is 8.74. The monoisotopic (exact) mass is 361 g/mol. The van der Waals surface area contributed by atoms with Crippen molar-refractivity contribution in [3.8, 4) is 5.88 Å². The maximum atomic E-state index is 11.5. The molecule has 0 saturated carbocycles. The maximum Gasteiger partial charge on any atom is 0.219 e. The number of rotatable bonds is 6. The first-order valence-electron chi connectivity index (χ1n) is 9.69. The van der Waals surface area contributed by atoms with Gasteiger partial charge < -0.3 is 14.5 Å². The predicted octanol–water partition coefficient (Wildman–Crippen LogP) is 3.12. The van der Waals surface area contributed by atoms with Crippen molar-refractivity contribution >= 4 is 5.91 Å². The number of amides is 1. The van der Waals surface area contributed by atoms with Gasteiger partial charge in [-0.3, -0.25) is 4.79 Å². The zero-order valence-corrected chi connectivity index (χ0v) is 17.3. The molecule has 5 heteroatoms. The van der Waals surface area contributed by atoms with Crippen LogP contribution in [-0.2, 0) is 16.6 Å². The van der Waals surface area contributed by atoms with Crippen LogP contribution in [0.4, 0.5) is 0 Å². The molecule has 1 fully saturated rings. The summed E-state index contributed by atoms with van der Waals surface area (Å²) < 4.78 is 5.93. The van der Waals surface area contributed by atoms with Crippen molar-refractivity contribution in [1.29, 1.82) is 0 Å². The molecule has 0 N–H and O–H groups in total. The van der Waals surface area contributed by atoms with Crippen LogP contribution in [0.5, 0.6) is 5.88 Å². The topological polar surface area (TPSA) is 45.7 Å². The van der Waals surface area contributed by atoms with Gasteiger partial charge in [0.2, 0.25) is 11.8 Å². The van der Waals surface area contributed by atoms with Crippen molar-refractivity contribution < 1.29 is 9.53 Å². The fraction of sp³-hybridized carbons (Fsp3) is 0.714. The molecule has 0 spiro atoms. The second-order valence-corrected chi connectivity index (χ2v) is 8.74. The third kappa shape index (κ3) is 6.27. The Morgan fingerprint density at radius 2 is 1.92 bits per heavy atom. The average Bonchev–Trinajstić information content (AvgIpc) is 2.54. The molecule has 1 amide bonds. The van der Waals surface area contributed by atoms with E-state index in [1.54, 1.807) is 6.92 Å². The van der Waals surface area contributed by atoms with E-state index >= 15 is 0 Å². The molecule has 1 aliphatic rings. The number of likely N-dealkylation sites (tertiary alicyclic amines) is 1. The molecule has 5 nitrogen and oxygen atoms in total. The van der Waals surface area contributed by atoms with Crippen molar-refractivity contribution in [2.24, 2.45) is 5.92 Å². The first-order chi connectivity index (χ1) is 12.1. The molecule has 2 heterocycles. The van der Waals surface area contributed by atoms with Crippen LogP contribution in [0.25, 0.3) is 0 Å². The van der Waals surface area contributed by atoms with Crippen molar-refractivity contribution in [3.05, 3.63) is 23.4 Å². The number of carbonyl (C=O) groups excluding carboxylic acids is 1. The molecule has 1 aromatic rings. The van der Waals surface area contributed by atoms with Gasteiger partial charge in [-0.2, -0.15) is 0 Å². The van der Waals surface area contributed by atoms with Gasteiger partial charge in [-0.15, -0.1) is 0 Å². The zero-order chi connectivity index (χ0) is 19.3. The number of hydrogen-bond donors (Lipinski definition) is 0. The van der Waals surface area contributed by atoms with E-state index in [2.05, 4.69) is 37.8 Å². The molecular weight excluding hydrogens is 326 g/mol. The molecule has 0 bridgehead atoms. The van der Waals surface area contributed by atoms with Crippen LogP contribution in [0.15, 0.2) is 12.1 Å². The Kier molecular flexibility index (Phi) is 7.04. The van der Waals surface area contributed by atoms with Crippen molar-refractivity contribution in [2.45, 2.75) is 52.4 Å². The largest absolute Gasteiger partial charge is 0.476 e. The minimum absolute atomic E-state index is 0.0648. The summed E-state index contributed by atoms with van der Waals surface area (Å²) in [4.78, 5) is 20.3. The molecule has 0 radical (unpaired) electrons. The number of hydrogen-bond acceptors (Lipinski definition) is 4. The highest BCUT2D eigenvalue weighted by Gasteiger charge is 2.23. The first-order valence-corrected chi connectivity index (χ1v) is 9.69. The number of ether oxygens (including phenoxy) is 1. The molecule has 0 aromatic carbocycles. The average molecular weight is 362 g/mol. The van der Waals surface area contributed by atoms with Gasteiger partial charge in [-0.05, 0) is 56.3 Å². The summed E-state index contributed by atoms with van der Waals surface area (Å²) in [5, 5.41) is 0. The zero-order valence-electron chi connectivity index (χ0n) is 17.3. The smallest absolute Gasteiger partial charge is 0.219 e. The van der Waals surface area contributed by atoms with Gasteiger partial charge in [0.1, 0.15) is 6.61 Å². The summed E-state index contributed by atoms with van der Waals surface area (Å²) in [5.41, 5.74) is 2.44. The third-order valence-corrected chi connectivity index (χ3v) is 5.07. The Hall–Kier alpha value is -1.62. The Morgan fingerprint density at radius 3 is 2.46 bits per heavy atom. The van der Waals surface area contributed by atoms with Gasteiger partial charge in [0.05, 0.1) is 0 Å². The molecule has 0 atom stereocenters. The number of carbonyl (C=O) groups is 1. The van der Waals surface area contributed by atoms with Crippen LogP contribution in [0.1, 0.15) is 51.8 Å². The Morgan fingerprint density at radius 1 is 1.27 bits per heavy atom. The summed E-state index contributed by atoms with van der Waals surface area (Å²) in [6.07, 6.45) is 3.06. The molecule has 2 rings (SSSR count). The Bertz CT molecular complexity index is 600. The van der Waals surface area contributed by atoms with Crippen LogP contribution >= 0.6 is 0 Å². The molecule has 146 valence electrons. The molecule has 1 saturated heterocycles. The molecule has 1 aromatic heterocycles. The van der Waals surface area contributed by atoms with E-state index in [1.165, 1.54) is 5.56 Å². The van der Waals surface area contributed by atoms with Gasteiger partial charge in [0.25, 0.3) is 0 Å². The number of piperidine rings is 1. The van der Waals surface area contributed by atoms with E-state index in [4.69, 9.17) is 9.72 Å². The van der Waals surface area contributed by atoms with Gasteiger partial charge in [-0.1, -0.05) is 20.8 Å². The highest BCUT2D eigenvalue weighted by Crippen LogP contribution is 2.28. The van der Waals surface area contributed by atoms with E-state index in [0.29, 0.717) is 12.5 Å². The molecule has 26 heavy (non-hydrogen) atoms. The maximum absolute atomic E-state index is 11.5. The lowest BCUT2D eigenvalue weighted by atomic mass is 9.85. The van der Waals surface area contributed by atoms with Gasteiger partial charge in [0.15, 0.2) is 0 Å². The van der Waals surface area contributed by atoms with E-state index in [1.807, 2.05) is 19.0 Å². The van der Waals surface area contributed by atoms with E-state index < -0.39 is 0 Å². The van der Waals surface area contributed by atoms with E-state index in [9.17, 15) is 4.79 Å². The summed E-state index contributed by atoms with van der Waals surface area (Å²) in [6.45, 7) is 11.6. The number of nitrogens with zero attached hydrogens (tertiary/aromatic N) is 3. The highest BCUT2D eigenvalue weighted by molar-refractivity contribution is 5.73. The normalized spacial score (nSPS) is 16.2. The quantitative estimate of drug-likeness (QED) is 0.781. The van der Waals surface area contributed by atoms with Crippen LogP contribution in [0.3, 0.4) is 0 Å². The highest BCUT2D eigenvalue weighted by atomic mass is 16.5. The summed E-state index contributed by atoms with van der Waals surface area (Å²) in [7, 11) is 4.09. The number of aromatic nitrogens is 1. The van der Waals surface area contributed by atoms with Crippen LogP contribution in [-0.4, -0.2) is 61.0 Å². The molecule has 1 aliphatic heterocycles. The van der Waals surface area contributed by atoms with Gasteiger partial charge >= 0.3 is 0 Å². The van der Waals surface area contributed by atoms with Crippen LogP contribution in [0.2, 0.25) is 0 Å². The van der Waals surface area contributed by atoms with Gasteiger partial charge in [0, 0.05) is 38.3 Å². The van der Waals surface area contributed by atoms with Crippen LogP contribution < -0.4 is 4.74 Å². The van der Waals surface area contributed by atoms with Crippen molar-refractivity contribution in [3.63, 3.8) is 0 Å². The second kappa shape index (κ2) is 8.85. The lowest BCUT2D eigenvalue weighted by Gasteiger charge is -2.31. The lowest BCUT2D eigenvalue weighted by molar-refractivity contribution is -0.130. The van der Waals surface area contributed by atoms with Crippen LogP contribution in [0, 0.1) is 5.92 Å². The standard InChI is InChI=1S/C21H35N3O2/c1-16(25)24-9-7-17(8-10-24)13-19-14-18(21(2,3)4)15-20(22-19)26-12-11-23(5)6/h14-15,17H,7-13H2,1-6H3. The van der Waals surface area contributed by atoms with E-state index in [0.717, 1.165) is 50.5 Å². The molecule has 0 aliphatic carbocycles. The predicted molar refractivity (Wildman–Crippen MR) is 106 cm³/mol. The Balaban J connectivity index is 2.07. The fourth-order valence-electron chi connectivity index (χ4n) is 3.25. The van der Waals surface area contributed by atoms with Gasteiger partial charge in [-0.25, -0.2) is 4.98 Å². The lowest BCUT2D eigenvalue weighted by Crippen LogP contribution is -2.37. The minimum Gasteiger partial charge on any atom is -0.476 e.